The van der Waals surface area contributed by atoms with E-state index in [1.165, 1.54) is 0 Å². The highest BCUT2D eigenvalue weighted by Gasteiger charge is 2.25. The molecule has 0 saturated carbocycles. The highest BCUT2D eigenvalue weighted by Crippen LogP contribution is 2.37. The fraction of sp³-hybridized carbons (Fsp3) is 0. The van der Waals surface area contributed by atoms with Gasteiger partial charge in [-0.3, -0.25) is 10.7 Å². The number of hydrogen-bond donors (Lipinski definition) is 2. The van der Waals surface area contributed by atoms with Gasteiger partial charge in [-0.1, -0.05) is 42.5 Å². The molecule has 1 heterocycles. The van der Waals surface area contributed by atoms with Crippen molar-refractivity contribution in [3.8, 4) is 17.8 Å². The topological polar surface area (TPSA) is 93.0 Å². The molecule has 3 N–H and O–H groups in total. The minimum absolute atomic E-state index is 0.408. The summed E-state index contributed by atoms with van der Waals surface area (Å²) in [7, 11) is 0. The second-order valence-corrected chi connectivity index (χ2v) is 7.51. The first-order valence-corrected chi connectivity index (χ1v) is 10.2. The minimum Gasteiger partial charge on any atom is -0.308 e. The van der Waals surface area contributed by atoms with E-state index in [2.05, 4.69) is 22.8 Å². The van der Waals surface area contributed by atoms with E-state index in [1.807, 2.05) is 72.2 Å². The van der Waals surface area contributed by atoms with Crippen molar-refractivity contribution >= 4 is 34.0 Å². The van der Waals surface area contributed by atoms with Gasteiger partial charge in [0.2, 0.25) is 0 Å². The highest BCUT2D eigenvalue weighted by molar-refractivity contribution is 6.32. The molecule has 5 nitrogen and oxygen atoms in total. The summed E-state index contributed by atoms with van der Waals surface area (Å²) in [4.78, 5) is 0. The van der Waals surface area contributed by atoms with Gasteiger partial charge in [-0.15, -0.1) is 0 Å². The average Bonchev–Trinajstić information content (AvgIpc) is 3.18. The molecule has 5 rings (SSSR count). The number of para-hydroxylation sites is 2. The number of quaternary nitrogens is 1. The van der Waals surface area contributed by atoms with Crippen LogP contribution < -0.4 is 5.32 Å². The van der Waals surface area contributed by atoms with E-state index in [0.717, 1.165) is 39.1 Å². The molecule has 1 aromatic heterocycles. The van der Waals surface area contributed by atoms with E-state index in [1.54, 1.807) is 18.2 Å². The van der Waals surface area contributed by atoms with Crippen molar-refractivity contribution in [2.24, 2.45) is 0 Å². The van der Waals surface area contributed by atoms with Crippen molar-refractivity contribution < 1.29 is 5.32 Å². The summed E-state index contributed by atoms with van der Waals surface area (Å²) in [6, 6.07) is 27.5. The lowest BCUT2D eigenvalue weighted by atomic mass is 9.96. The van der Waals surface area contributed by atoms with Crippen LogP contribution in [0.25, 0.3) is 28.2 Å². The van der Waals surface area contributed by atoms with Gasteiger partial charge in [-0.05, 0) is 42.5 Å². The van der Waals surface area contributed by atoms with Crippen LogP contribution in [0.5, 0.6) is 0 Å². The molecule has 0 unspecified atom stereocenters. The molecule has 32 heavy (non-hydrogen) atoms. The molecule has 150 valence electrons. The third kappa shape index (κ3) is 3.20. The summed E-state index contributed by atoms with van der Waals surface area (Å²) < 4.78 is 2.05. The van der Waals surface area contributed by atoms with Gasteiger partial charge >= 0.3 is 0 Å². The molecule has 4 aromatic rings. The van der Waals surface area contributed by atoms with Gasteiger partial charge in [-0.25, -0.2) is 0 Å². The lowest BCUT2D eigenvalue weighted by Crippen LogP contribution is -2.71. The minimum atomic E-state index is 0.408. The van der Waals surface area contributed by atoms with E-state index < -0.39 is 0 Å². The first kappa shape index (κ1) is 19.3. The summed E-state index contributed by atoms with van der Waals surface area (Å²) in [5.74, 6) is 0. The summed E-state index contributed by atoms with van der Waals surface area (Å²) in [5.41, 5.74) is 6.67. The van der Waals surface area contributed by atoms with Crippen LogP contribution in [0.3, 0.4) is 0 Å². The summed E-state index contributed by atoms with van der Waals surface area (Å²) in [5, 5.41) is 30.7. The van der Waals surface area contributed by atoms with Crippen LogP contribution in [0.1, 0.15) is 22.4 Å². The Hall–Kier alpha value is -4.71. The van der Waals surface area contributed by atoms with Crippen molar-refractivity contribution in [3.05, 3.63) is 107 Å². The van der Waals surface area contributed by atoms with E-state index >= 15 is 0 Å². The summed E-state index contributed by atoms with van der Waals surface area (Å²) in [6.45, 7) is 0. The highest BCUT2D eigenvalue weighted by atomic mass is 15.0. The monoisotopic (exact) mass is 412 g/mol. The maximum absolute atomic E-state index is 9.51. The van der Waals surface area contributed by atoms with Crippen molar-refractivity contribution in [3.63, 3.8) is 0 Å². The normalized spacial score (nSPS) is 13.7. The summed E-state index contributed by atoms with van der Waals surface area (Å²) in [6.07, 6.45) is 5.75. The first-order chi connectivity index (χ1) is 15.7. The number of fused-ring (bicyclic) bond motifs is 3. The Balaban J connectivity index is 1.80. The Morgan fingerprint density at radius 2 is 1.53 bits per heavy atom. The molecule has 0 radical (unpaired) electrons. The molecular formula is C27H18N5+. The van der Waals surface area contributed by atoms with Gasteiger partial charge in [0, 0.05) is 16.6 Å². The fourth-order valence-corrected chi connectivity index (χ4v) is 4.13. The number of nitriles is 2. The lowest BCUT2D eigenvalue weighted by molar-refractivity contribution is -0.495. The second-order valence-electron chi connectivity index (χ2n) is 7.51. The smallest absolute Gasteiger partial charge is 0.134 e. The van der Waals surface area contributed by atoms with Crippen LogP contribution in [-0.4, -0.2) is 10.3 Å². The number of hydrogen-bond acceptors (Lipinski definition) is 3. The Morgan fingerprint density at radius 1 is 0.844 bits per heavy atom. The maximum Gasteiger partial charge on any atom is 0.134 e. The molecule has 3 aromatic carbocycles. The number of benzene rings is 3. The molecule has 5 heteroatoms. The molecular weight excluding hydrogens is 394 g/mol. The van der Waals surface area contributed by atoms with Gasteiger partial charge in [0.05, 0.1) is 45.8 Å². The SMILES string of the molecule is N#Cc1cc(C#N)cc(-n2c3c(c4ccccc42)C=CC(=N)/C3=C\[NH2+]c2ccccc2)c1. The third-order valence-electron chi connectivity index (χ3n) is 5.55. The van der Waals surface area contributed by atoms with Crippen molar-refractivity contribution in [1.29, 1.82) is 15.9 Å². The summed E-state index contributed by atoms with van der Waals surface area (Å²) >= 11 is 0. The first-order valence-electron chi connectivity index (χ1n) is 10.2. The maximum atomic E-state index is 9.51. The quantitative estimate of drug-likeness (QED) is 0.479. The molecule has 0 fully saturated rings. The fourth-order valence-electron chi connectivity index (χ4n) is 4.13. The predicted octanol–water partition coefficient (Wildman–Crippen LogP) is 4.66. The number of nitrogens with zero attached hydrogens (tertiary/aromatic N) is 3. The molecule has 0 bridgehead atoms. The van der Waals surface area contributed by atoms with Crippen LogP contribution in [-0.2, 0) is 0 Å². The van der Waals surface area contributed by atoms with E-state index in [0.29, 0.717) is 16.8 Å². The van der Waals surface area contributed by atoms with Gasteiger partial charge in [0.25, 0.3) is 0 Å². The number of aromatic nitrogens is 1. The molecule has 0 atom stereocenters. The van der Waals surface area contributed by atoms with Crippen molar-refractivity contribution in [2.75, 3.05) is 0 Å². The van der Waals surface area contributed by atoms with E-state index in [4.69, 9.17) is 5.41 Å². The molecule has 0 amide bonds. The zero-order valence-electron chi connectivity index (χ0n) is 17.1. The number of rotatable bonds is 3. The molecule has 0 aliphatic heterocycles. The van der Waals surface area contributed by atoms with Crippen LogP contribution >= 0.6 is 0 Å². The van der Waals surface area contributed by atoms with Crippen molar-refractivity contribution in [2.45, 2.75) is 0 Å². The van der Waals surface area contributed by atoms with Crippen LogP contribution in [0.15, 0.2) is 85.1 Å². The van der Waals surface area contributed by atoms with Crippen LogP contribution in [0.4, 0.5) is 5.69 Å². The standard InChI is InChI=1S/C27H17N5/c28-15-18-12-19(16-29)14-21(13-18)32-26-9-5-4-8-22(26)23-10-11-25(30)24(27(23)32)17-31-20-6-2-1-3-7-20/h1-14,17,30-31H/p+1/b24-17+,30-25?. The Kier molecular flexibility index (Phi) is 4.72. The number of allylic oxidation sites excluding steroid dienone is 2. The molecule has 0 spiro atoms. The zero-order chi connectivity index (χ0) is 22.1. The van der Waals surface area contributed by atoms with Gasteiger partial charge in [-0.2, -0.15) is 10.5 Å². The molecule has 1 aliphatic rings. The van der Waals surface area contributed by atoms with Crippen molar-refractivity contribution in [1.82, 2.24) is 4.57 Å². The Labute approximate surface area is 185 Å². The van der Waals surface area contributed by atoms with E-state index in [9.17, 15) is 10.5 Å². The number of nitrogens with two attached hydrogens (primary N) is 1. The predicted molar refractivity (Wildman–Crippen MR) is 125 cm³/mol. The van der Waals surface area contributed by atoms with Gasteiger partial charge in [0.15, 0.2) is 0 Å². The molecule has 1 aliphatic carbocycles. The average molecular weight is 412 g/mol. The van der Waals surface area contributed by atoms with Crippen LogP contribution in [0, 0.1) is 28.1 Å². The van der Waals surface area contributed by atoms with Gasteiger partial charge in [0.1, 0.15) is 11.9 Å². The Bertz CT molecular complexity index is 1490. The third-order valence-corrected chi connectivity index (χ3v) is 5.55. The lowest BCUT2D eigenvalue weighted by Gasteiger charge is -2.17. The van der Waals surface area contributed by atoms with Gasteiger partial charge < -0.3 is 4.57 Å². The Morgan fingerprint density at radius 3 is 2.25 bits per heavy atom. The second kappa shape index (κ2) is 7.85. The number of nitrogens with one attached hydrogen (secondary N) is 1. The van der Waals surface area contributed by atoms with Crippen LogP contribution in [0.2, 0.25) is 0 Å². The largest absolute Gasteiger partial charge is 0.308 e. The molecule has 0 saturated heterocycles. The zero-order valence-corrected chi connectivity index (χ0v) is 17.1. The van der Waals surface area contributed by atoms with E-state index in [-0.39, 0.29) is 0 Å².